The largest absolute Gasteiger partial charge is 0.484 e. The number of amides is 2. The molecule has 9 heteroatoms. The Morgan fingerprint density at radius 3 is 2.51 bits per heavy atom. The molecule has 2 N–H and O–H groups in total. The van der Waals surface area contributed by atoms with Crippen molar-refractivity contribution in [2.45, 2.75) is 29.6 Å². The predicted octanol–water partition coefficient (Wildman–Crippen LogP) is 5.07. The summed E-state index contributed by atoms with van der Waals surface area (Å²) < 4.78 is 11.0. The molecule has 1 aliphatic heterocycles. The van der Waals surface area contributed by atoms with Crippen LogP contribution in [0, 0.1) is 0 Å². The van der Waals surface area contributed by atoms with E-state index in [2.05, 4.69) is 15.8 Å². The van der Waals surface area contributed by atoms with Gasteiger partial charge < -0.3 is 14.8 Å². The highest BCUT2D eigenvalue weighted by Crippen LogP contribution is 2.24. The summed E-state index contributed by atoms with van der Waals surface area (Å²) in [7, 11) is 0. The molecule has 4 rings (SSSR count). The number of nitrogens with zero attached hydrogens (tertiary/aromatic N) is 1. The van der Waals surface area contributed by atoms with Gasteiger partial charge in [0.1, 0.15) is 5.75 Å². The van der Waals surface area contributed by atoms with Crippen LogP contribution < -0.4 is 15.5 Å². The lowest BCUT2D eigenvalue weighted by Crippen LogP contribution is -2.35. The molecule has 2 amide bonds. The lowest BCUT2D eigenvalue weighted by molar-refractivity contribution is -0.123. The van der Waals surface area contributed by atoms with Gasteiger partial charge in [0.25, 0.3) is 11.8 Å². The average molecular weight is 538 g/mol. The van der Waals surface area contributed by atoms with Crippen LogP contribution in [0.4, 0.5) is 0 Å². The fraction of sp³-hybridized carbons (Fsp3) is 0.250. The van der Waals surface area contributed by atoms with E-state index >= 15 is 0 Å². The number of hydrogen-bond acceptors (Lipinski definition) is 6. The molecule has 0 saturated carbocycles. The number of thioether (sulfide) groups is 1. The number of carbonyl (C=O) groups excluding carboxylic acids is 2. The molecule has 1 fully saturated rings. The summed E-state index contributed by atoms with van der Waals surface area (Å²) in [5, 5.41) is 7.57. The van der Waals surface area contributed by atoms with E-state index in [0.29, 0.717) is 17.9 Å². The lowest BCUT2D eigenvalue weighted by atomic mass is 10.1. The summed E-state index contributed by atoms with van der Waals surface area (Å²) in [5.74, 6) is 0.892. The van der Waals surface area contributed by atoms with Crippen molar-refractivity contribution in [3.63, 3.8) is 0 Å². The molecule has 192 valence electrons. The first-order valence-corrected chi connectivity index (χ1v) is 13.3. The first kappa shape index (κ1) is 26.7. The molecule has 1 aliphatic rings. The highest BCUT2D eigenvalue weighted by molar-refractivity contribution is 7.98. The predicted molar refractivity (Wildman–Crippen MR) is 146 cm³/mol. The molecule has 37 heavy (non-hydrogen) atoms. The van der Waals surface area contributed by atoms with Gasteiger partial charge in [0.2, 0.25) is 0 Å². The average Bonchev–Trinajstić information content (AvgIpc) is 3.45. The van der Waals surface area contributed by atoms with Crippen LogP contribution in [0.15, 0.2) is 82.8 Å². The third kappa shape index (κ3) is 8.93. The van der Waals surface area contributed by atoms with Gasteiger partial charge in [-0.25, -0.2) is 5.43 Å². The Balaban J connectivity index is 1.17. The van der Waals surface area contributed by atoms with Gasteiger partial charge in [-0.05, 0) is 84.6 Å². The summed E-state index contributed by atoms with van der Waals surface area (Å²) in [6, 6.07) is 22.2. The van der Waals surface area contributed by atoms with Crippen molar-refractivity contribution in [3.8, 4) is 5.75 Å². The summed E-state index contributed by atoms with van der Waals surface area (Å²) in [4.78, 5) is 25.4. The molecule has 0 unspecified atom stereocenters. The standard InChI is InChI=1S/C28H28ClN3O4S/c29-23-9-13-26(14-10-23)37-19-21-3-7-22(8-4-21)28(34)32-31-16-20-5-11-24(12-6-20)36-18-27(33)30-17-25-2-1-15-35-25/h3-14,16,25H,1-2,15,17-19H2,(H,30,33)(H,32,34)/b31-16-/t25-/m0/s1. The van der Waals surface area contributed by atoms with Crippen molar-refractivity contribution in [2.75, 3.05) is 19.8 Å². The van der Waals surface area contributed by atoms with Crippen LogP contribution in [0.5, 0.6) is 5.75 Å². The van der Waals surface area contributed by atoms with E-state index < -0.39 is 0 Å². The summed E-state index contributed by atoms with van der Waals surface area (Å²) in [5.41, 5.74) is 4.96. The Morgan fingerprint density at radius 2 is 1.81 bits per heavy atom. The van der Waals surface area contributed by atoms with Crippen LogP contribution in [-0.4, -0.2) is 43.9 Å². The number of hydrogen-bond donors (Lipinski definition) is 2. The first-order valence-electron chi connectivity index (χ1n) is 12.0. The number of halogens is 1. The SMILES string of the molecule is O=C(COc1ccc(/C=N\NC(=O)c2ccc(CSc3ccc(Cl)cc3)cc2)cc1)NC[C@@H]1CCCO1. The number of rotatable bonds is 11. The molecule has 3 aromatic carbocycles. The number of hydrazone groups is 1. The minimum atomic E-state index is -0.290. The van der Waals surface area contributed by atoms with Crippen LogP contribution in [0.1, 0.15) is 34.3 Å². The molecule has 1 heterocycles. The van der Waals surface area contributed by atoms with Crippen molar-refractivity contribution in [1.82, 2.24) is 10.7 Å². The van der Waals surface area contributed by atoms with Crippen molar-refractivity contribution in [2.24, 2.45) is 5.10 Å². The van der Waals surface area contributed by atoms with Crippen LogP contribution in [0.2, 0.25) is 5.02 Å². The van der Waals surface area contributed by atoms with E-state index in [-0.39, 0.29) is 24.5 Å². The van der Waals surface area contributed by atoms with Gasteiger partial charge in [0.05, 0.1) is 12.3 Å². The zero-order valence-electron chi connectivity index (χ0n) is 20.2. The molecular weight excluding hydrogens is 510 g/mol. The van der Waals surface area contributed by atoms with Crippen LogP contribution >= 0.6 is 23.4 Å². The van der Waals surface area contributed by atoms with E-state index in [4.69, 9.17) is 21.1 Å². The molecule has 1 saturated heterocycles. The maximum Gasteiger partial charge on any atom is 0.271 e. The van der Waals surface area contributed by atoms with Crippen molar-refractivity contribution in [3.05, 3.63) is 94.5 Å². The second-order valence-electron chi connectivity index (χ2n) is 8.44. The Kier molecular flexibility index (Phi) is 9.99. The highest BCUT2D eigenvalue weighted by atomic mass is 35.5. The van der Waals surface area contributed by atoms with Gasteiger partial charge in [0.15, 0.2) is 6.61 Å². The summed E-state index contributed by atoms with van der Waals surface area (Å²) in [6.45, 7) is 1.21. The van der Waals surface area contributed by atoms with Gasteiger partial charge in [-0.15, -0.1) is 11.8 Å². The maximum absolute atomic E-state index is 12.4. The van der Waals surface area contributed by atoms with E-state index in [1.165, 1.54) is 0 Å². The summed E-state index contributed by atoms with van der Waals surface area (Å²) >= 11 is 7.63. The normalized spacial score (nSPS) is 15.0. The Bertz CT molecular complexity index is 1200. The van der Waals surface area contributed by atoms with Gasteiger partial charge in [-0.2, -0.15) is 5.10 Å². The Hall–Kier alpha value is -3.33. The molecule has 0 bridgehead atoms. The van der Waals surface area contributed by atoms with Gasteiger partial charge in [0, 0.05) is 34.4 Å². The monoisotopic (exact) mass is 537 g/mol. The highest BCUT2D eigenvalue weighted by Gasteiger charge is 2.16. The minimum Gasteiger partial charge on any atom is -0.484 e. The maximum atomic E-state index is 12.4. The van der Waals surface area contributed by atoms with Gasteiger partial charge in [-0.3, -0.25) is 9.59 Å². The van der Waals surface area contributed by atoms with Crippen LogP contribution in [0.3, 0.4) is 0 Å². The quantitative estimate of drug-likeness (QED) is 0.202. The van der Waals surface area contributed by atoms with Crippen molar-refractivity contribution >= 4 is 41.4 Å². The molecule has 0 aromatic heterocycles. The van der Waals surface area contributed by atoms with E-state index in [1.807, 2.05) is 36.4 Å². The molecule has 7 nitrogen and oxygen atoms in total. The zero-order valence-corrected chi connectivity index (χ0v) is 21.8. The van der Waals surface area contributed by atoms with Gasteiger partial charge >= 0.3 is 0 Å². The number of carbonyl (C=O) groups is 2. The second-order valence-corrected chi connectivity index (χ2v) is 9.92. The molecule has 1 atom stereocenters. The molecule has 3 aromatic rings. The topological polar surface area (TPSA) is 89.0 Å². The molecule has 0 aliphatic carbocycles. The van der Waals surface area contributed by atoms with Crippen LogP contribution in [0.25, 0.3) is 0 Å². The van der Waals surface area contributed by atoms with E-state index in [0.717, 1.165) is 46.2 Å². The first-order chi connectivity index (χ1) is 18.0. The lowest BCUT2D eigenvalue weighted by Gasteiger charge is -2.11. The Morgan fingerprint density at radius 1 is 1.05 bits per heavy atom. The second kappa shape index (κ2) is 13.8. The third-order valence-corrected chi connectivity index (χ3v) is 6.95. The van der Waals surface area contributed by atoms with Crippen LogP contribution in [-0.2, 0) is 15.3 Å². The fourth-order valence-electron chi connectivity index (χ4n) is 3.56. The fourth-order valence-corrected chi connectivity index (χ4v) is 4.54. The van der Waals surface area contributed by atoms with Crippen molar-refractivity contribution in [1.29, 1.82) is 0 Å². The number of benzene rings is 3. The molecule has 0 radical (unpaired) electrons. The zero-order chi connectivity index (χ0) is 25.9. The van der Waals surface area contributed by atoms with Gasteiger partial charge in [-0.1, -0.05) is 23.7 Å². The van der Waals surface area contributed by atoms with Crippen molar-refractivity contribution < 1.29 is 19.1 Å². The number of nitrogens with one attached hydrogen (secondary N) is 2. The van der Waals surface area contributed by atoms with E-state index in [1.54, 1.807) is 54.4 Å². The Labute approximate surface area is 225 Å². The smallest absolute Gasteiger partial charge is 0.271 e. The minimum absolute atomic E-state index is 0.0607. The number of ether oxygens (including phenoxy) is 2. The van der Waals surface area contributed by atoms with E-state index in [9.17, 15) is 9.59 Å². The third-order valence-electron chi connectivity index (χ3n) is 5.62. The molecular formula is C28H28ClN3O4S. The molecule has 0 spiro atoms. The summed E-state index contributed by atoms with van der Waals surface area (Å²) in [6.07, 6.45) is 3.66.